The molecule has 1 aliphatic heterocycles. The van der Waals surface area contributed by atoms with E-state index >= 15 is 4.39 Å². The van der Waals surface area contributed by atoms with Crippen LogP contribution in [0.1, 0.15) is 49.7 Å². The summed E-state index contributed by atoms with van der Waals surface area (Å²) in [4.78, 5) is 26.3. The number of benzene rings is 3. The maximum Gasteiger partial charge on any atom is 0.408 e. The first-order valence-electron chi connectivity index (χ1n) is 13.7. The molecule has 11 heteroatoms. The Morgan fingerprint density at radius 2 is 1.67 bits per heavy atom. The number of nitrogens with zero attached hydrogens (tertiary/aromatic N) is 1. The number of likely N-dealkylation sites (tertiary alicyclic amines) is 1. The summed E-state index contributed by atoms with van der Waals surface area (Å²) >= 11 is 0. The largest absolute Gasteiger partial charge is 0.455 e. The van der Waals surface area contributed by atoms with Crippen LogP contribution in [0.4, 0.5) is 22.4 Å². The standard InChI is InChI=1S/C32H30F4N2O5/c1-31(2,3)43-30(40)37-18-24-15-21-14-20(17-27(28(21)42-24)41-23-7-5-22(33)6-8-23)25-9-4-19(16-26(25)34)29(39)38-12-10-32(35,36)11-13-38/h4-9,14-17H,10-13,18H2,1-3H3,(H,37,40). The third-order valence-electron chi connectivity index (χ3n) is 6.79. The molecule has 2 amide bonds. The lowest BCUT2D eigenvalue weighted by atomic mass is 10.00. The summed E-state index contributed by atoms with van der Waals surface area (Å²) in [7, 11) is 0. The number of halogens is 4. The van der Waals surface area contributed by atoms with Gasteiger partial charge in [-0.15, -0.1) is 0 Å². The van der Waals surface area contributed by atoms with E-state index in [1.807, 2.05) is 0 Å². The molecule has 0 aliphatic carbocycles. The van der Waals surface area contributed by atoms with Crippen molar-refractivity contribution >= 4 is 23.0 Å². The molecule has 1 aromatic heterocycles. The van der Waals surface area contributed by atoms with E-state index in [1.165, 1.54) is 41.3 Å². The van der Waals surface area contributed by atoms with E-state index in [4.69, 9.17) is 13.9 Å². The number of hydrogen-bond donors (Lipinski definition) is 1. The zero-order valence-electron chi connectivity index (χ0n) is 23.8. The minimum atomic E-state index is -2.81. The molecular weight excluding hydrogens is 568 g/mol. The molecular formula is C32H30F4N2O5. The predicted molar refractivity (Wildman–Crippen MR) is 151 cm³/mol. The summed E-state index contributed by atoms with van der Waals surface area (Å²) < 4.78 is 73.2. The normalized spacial score (nSPS) is 14.9. The number of piperidine rings is 1. The van der Waals surface area contributed by atoms with Crippen molar-refractivity contribution in [2.24, 2.45) is 0 Å². The van der Waals surface area contributed by atoms with Crippen LogP contribution in [-0.2, 0) is 11.3 Å². The molecule has 1 fully saturated rings. The number of amides is 2. The topological polar surface area (TPSA) is 81.0 Å². The molecule has 5 rings (SSSR count). The molecule has 1 N–H and O–H groups in total. The summed E-state index contributed by atoms with van der Waals surface area (Å²) in [5.74, 6) is -3.60. The Labute approximate surface area is 245 Å². The zero-order valence-corrected chi connectivity index (χ0v) is 23.8. The van der Waals surface area contributed by atoms with Gasteiger partial charge in [0.1, 0.15) is 28.7 Å². The maximum absolute atomic E-state index is 15.5. The van der Waals surface area contributed by atoms with Gasteiger partial charge in [-0.2, -0.15) is 0 Å². The number of carbonyl (C=O) groups excluding carboxylic acids is 2. The molecule has 1 saturated heterocycles. The summed E-state index contributed by atoms with van der Waals surface area (Å²) in [6.07, 6.45) is -1.50. The highest BCUT2D eigenvalue weighted by Gasteiger charge is 2.36. The van der Waals surface area contributed by atoms with Crippen LogP contribution in [0.5, 0.6) is 11.5 Å². The monoisotopic (exact) mass is 598 g/mol. The molecule has 7 nitrogen and oxygen atoms in total. The fourth-order valence-electron chi connectivity index (χ4n) is 4.70. The van der Waals surface area contributed by atoms with Gasteiger partial charge in [0, 0.05) is 42.4 Å². The fraction of sp³-hybridized carbons (Fsp3) is 0.312. The van der Waals surface area contributed by atoms with Crippen molar-refractivity contribution in [2.45, 2.75) is 51.7 Å². The van der Waals surface area contributed by atoms with Gasteiger partial charge in [-0.05, 0) is 80.9 Å². The Bertz CT molecular complexity index is 1650. The second kappa shape index (κ2) is 11.6. The summed E-state index contributed by atoms with van der Waals surface area (Å²) in [6.45, 7) is 5.01. The van der Waals surface area contributed by atoms with Crippen molar-refractivity contribution in [3.63, 3.8) is 0 Å². The molecule has 1 aliphatic rings. The van der Waals surface area contributed by atoms with Crippen molar-refractivity contribution in [1.82, 2.24) is 10.2 Å². The number of carbonyl (C=O) groups is 2. The van der Waals surface area contributed by atoms with E-state index in [0.717, 1.165) is 6.07 Å². The van der Waals surface area contributed by atoms with Gasteiger partial charge in [0.2, 0.25) is 0 Å². The molecule has 0 bridgehead atoms. The Balaban J connectivity index is 1.45. The predicted octanol–water partition coefficient (Wildman–Crippen LogP) is 8.07. The van der Waals surface area contributed by atoms with Gasteiger partial charge in [0.05, 0.1) is 6.54 Å². The number of hydrogen-bond acceptors (Lipinski definition) is 5. The molecule has 3 aromatic carbocycles. The van der Waals surface area contributed by atoms with Crippen molar-refractivity contribution in [2.75, 3.05) is 13.1 Å². The van der Waals surface area contributed by atoms with Crippen molar-refractivity contribution in [3.05, 3.63) is 83.6 Å². The smallest absolute Gasteiger partial charge is 0.408 e. The molecule has 0 atom stereocenters. The van der Waals surface area contributed by atoms with Crippen molar-refractivity contribution in [1.29, 1.82) is 0 Å². The van der Waals surface area contributed by atoms with Crippen LogP contribution in [-0.4, -0.2) is 41.5 Å². The van der Waals surface area contributed by atoms with E-state index in [2.05, 4.69) is 5.32 Å². The summed E-state index contributed by atoms with van der Waals surface area (Å²) in [5, 5.41) is 3.15. The number of rotatable bonds is 6. The summed E-state index contributed by atoms with van der Waals surface area (Å²) in [6, 6.07) is 14.2. The van der Waals surface area contributed by atoms with Gasteiger partial charge in [-0.3, -0.25) is 4.79 Å². The highest BCUT2D eigenvalue weighted by Crippen LogP contribution is 2.38. The molecule has 0 spiro atoms. The quantitative estimate of drug-likeness (QED) is 0.227. The third-order valence-corrected chi connectivity index (χ3v) is 6.79. The van der Waals surface area contributed by atoms with Gasteiger partial charge in [0.15, 0.2) is 11.3 Å². The number of fused-ring (bicyclic) bond motifs is 1. The lowest BCUT2D eigenvalue weighted by Crippen LogP contribution is -2.42. The van der Waals surface area contributed by atoms with Crippen LogP contribution >= 0.6 is 0 Å². The molecule has 4 aromatic rings. The maximum atomic E-state index is 15.5. The minimum absolute atomic E-state index is 0.00250. The van der Waals surface area contributed by atoms with Gasteiger partial charge < -0.3 is 24.1 Å². The lowest BCUT2D eigenvalue weighted by molar-refractivity contribution is -0.0494. The second-order valence-corrected chi connectivity index (χ2v) is 11.4. The van der Waals surface area contributed by atoms with Crippen molar-refractivity contribution < 1.29 is 41.0 Å². The summed E-state index contributed by atoms with van der Waals surface area (Å²) in [5.41, 5.74) is 0.223. The first kappa shape index (κ1) is 29.9. The van der Waals surface area contributed by atoms with Gasteiger partial charge in [-0.1, -0.05) is 6.07 Å². The molecule has 226 valence electrons. The lowest BCUT2D eigenvalue weighted by Gasteiger charge is -2.31. The van der Waals surface area contributed by atoms with E-state index < -0.39 is 48.0 Å². The number of nitrogens with one attached hydrogen (secondary N) is 1. The Morgan fingerprint density at radius 1 is 0.977 bits per heavy atom. The molecule has 0 unspecified atom stereocenters. The Kier molecular flexibility index (Phi) is 8.09. The highest BCUT2D eigenvalue weighted by atomic mass is 19.3. The number of ether oxygens (including phenoxy) is 2. The van der Waals surface area contributed by atoms with Gasteiger partial charge in [-0.25, -0.2) is 22.4 Å². The van der Waals surface area contributed by atoms with Gasteiger partial charge in [0.25, 0.3) is 11.8 Å². The Hall–Kier alpha value is -4.54. The van der Waals surface area contributed by atoms with Crippen LogP contribution in [0.2, 0.25) is 0 Å². The van der Waals surface area contributed by atoms with E-state index in [1.54, 1.807) is 39.0 Å². The van der Waals surface area contributed by atoms with Crippen LogP contribution < -0.4 is 10.1 Å². The molecule has 0 saturated carbocycles. The number of alkyl halides is 2. The minimum Gasteiger partial charge on any atom is -0.455 e. The average molecular weight is 599 g/mol. The molecule has 43 heavy (non-hydrogen) atoms. The van der Waals surface area contributed by atoms with Gasteiger partial charge >= 0.3 is 6.09 Å². The second-order valence-electron chi connectivity index (χ2n) is 11.4. The van der Waals surface area contributed by atoms with Crippen LogP contribution in [0.25, 0.3) is 22.1 Å². The van der Waals surface area contributed by atoms with Crippen LogP contribution in [0.15, 0.2) is 65.1 Å². The van der Waals surface area contributed by atoms with E-state index in [0.29, 0.717) is 28.0 Å². The highest BCUT2D eigenvalue weighted by molar-refractivity contribution is 5.95. The Morgan fingerprint density at radius 3 is 2.33 bits per heavy atom. The van der Waals surface area contributed by atoms with E-state index in [9.17, 15) is 22.8 Å². The zero-order chi connectivity index (χ0) is 30.9. The first-order chi connectivity index (χ1) is 20.3. The number of alkyl carbamates (subject to hydrolysis) is 1. The van der Waals surface area contributed by atoms with Crippen LogP contribution in [0.3, 0.4) is 0 Å². The first-order valence-corrected chi connectivity index (χ1v) is 13.7. The average Bonchev–Trinajstić information content (AvgIpc) is 3.35. The fourth-order valence-corrected chi connectivity index (χ4v) is 4.70. The van der Waals surface area contributed by atoms with Crippen molar-refractivity contribution in [3.8, 4) is 22.6 Å². The number of furan rings is 1. The SMILES string of the molecule is CC(C)(C)OC(=O)NCc1cc2cc(-c3ccc(C(=O)N4CCC(F)(F)CC4)cc3F)cc(Oc3ccc(F)cc3)c2o1. The molecule has 2 heterocycles. The van der Waals surface area contributed by atoms with E-state index in [-0.39, 0.29) is 36.5 Å². The van der Waals surface area contributed by atoms with Crippen LogP contribution in [0, 0.1) is 11.6 Å². The molecule has 0 radical (unpaired) electrons. The third kappa shape index (κ3) is 7.28.